The number of nitro groups is 1. The minimum absolute atomic E-state index is 0.0398. The number of thioether (sulfide) groups is 1. The molecule has 2 atom stereocenters. The van der Waals surface area contributed by atoms with Crippen molar-refractivity contribution >= 4 is 52.5 Å². The first kappa shape index (κ1) is 24.5. The van der Waals surface area contributed by atoms with Crippen molar-refractivity contribution in [2.45, 2.75) is 38.3 Å². The van der Waals surface area contributed by atoms with Gasteiger partial charge in [-0.15, -0.1) is 11.8 Å². The largest absolute Gasteiger partial charge is 0.483 e. The summed E-state index contributed by atoms with van der Waals surface area (Å²) in [4.78, 5) is 47.6. The number of β-lactam (4-membered cyclic amide) rings is 1. The quantitative estimate of drug-likeness (QED) is 0.129. The van der Waals surface area contributed by atoms with Gasteiger partial charge in [0.05, 0.1) is 23.3 Å². The molecule has 0 saturated carbocycles. The van der Waals surface area contributed by atoms with Crippen molar-refractivity contribution in [3.63, 3.8) is 0 Å². The molecule has 31 heavy (non-hydrogen) atoms. The number of hydrogen-bond acceptors (Lipinski definition) is 9. The molecule has 1 heterocycles. The molecule has 12 heteroatoms. The van der Waals surface area contributed by atoms with Gasteiger partial charge in [0, 0.05) is 19.1 Å². The summed E-state index contributed by atoms with van der Waals surface area (Å²) in [5.41, 5.74) is 0.469. The van der Waals surface area contributed by atoms with Crippen LogP contribution in [0.4, 0.5) is 5.69 Å². The van der Waals surface area contributed by atoms with Crippen LogP contribution >= 0.6 is 24.0 Å². The molecule has 1 fully saturated rings. The standard InChI is InChI=1S/C19H23N3O7S2/c1-3-31-16-10-15(24)21(16)17(19(30)28-9-8-20-12(2)23)18(25)29-11-13-4-6-14(7-5-13)22(26)27/h4-7,16-17H,3,8-11H2,1-2H3,(H,20,23). The number of carbonyl (C=O) groups excluding carboxylic acids is 3. The second-order valence-electron chi connectivity index (χ2n) is 6.50. The van der Waals surface area contributed by atoms with Crippen LogP contribution in [0.1, 0.15) is 25.8 Å². The Kier molecular flexibility index (Phi) is 9.19. The molecule has 0 aliphatic carbocycles. The molecule has 1 saturated heterocycles. The molecule has 1 N–H and O–H groups in total. The van der Waals surface area contributed by atoms with Gasteiger partial charge in [-0.2, -0.15) is 0 Å². The van der Waals surface area contributed by atoms with Crippen LogP contribution in [-0.4, -0.2) is 63.0 Å². The number of amides is 2. The first-order chi connectivity index (χ1) is 14.7. The van der Waals surface area contributed by atoms with Crippen LogP contribution in [0.25, 0.3) is 0 Å². The van der Waals surface area contributed by atoms with E-state index in [2.05, 4.69) is 5.32 Å². The van der Waals surface area contributed by atoms with Crippen molar-refractivity contribution < 1.29 is 28.8 Å². The minimum Gasteiger partial charge on any atom is -0.483 e. The summed E-state index contributed by atoms with van der Waals surface area (Å²) in [7, 11) is 0. The maximum absolute atomic E-state index is 12.8. The fourth-order valence-corrected chi connectivity index (χ4v) is 4.11. The molecule has 1 aromatic carbocycles. The smallest absolute Gasteiger partial charge is 0.338 e. The van der Waals surface area contributed by atoms with Crippen molar-refractivity contribution in [1.29, 1.82) is 0 Å². The molecule has 2 rings (SSSR count). The molecular weight excluding hydrogens is 446 g/mol. The zero-order valence-corrected chi connectivity index (χ0v) is 18.7. The van der Waals surface area contributed by atoms with Crippen molar-refractivity contribution in [3.8, 4) is 0 Å². The average molecular weight is 470 g/mol. The third kappa shape index (κ3) is 6.89. The Labute approximate surface area is 188 Å². The van der Waals surface area contributed by atoms with E-state index in [0.29, 0.717) is 12.0 Å². The lowest BCUT2D eigenvalue weighted by Crippen LogP contribution is -2.61. The van der Waals surface area contributed by atoms with Gasteiger partial charge in [0.2, 0.25) is 11.8 Å². The first-order valence-corrected chi connectivity index (χ1v) is 10.9. The number of nitrogens with one attached hydrogen (secondary N) is 1. The van der Waals surface area contributed by atoms with Crippen LogP contribution in [-0.2, 0) is 30.5 Å². The van der Waals surface area contributed by atoms with Gasteiger partial charge in [-0.25, -0.2) is 4.79 Å². The van der Waals surface area contributed by atoms with Gasteiger partial charge >= 0.3 is 5.97 Å². The van der Waals surface area contributed by atoms with E-state index in [1.165, 1.54) is 47.9 Å². The Morgan fingerprint density at radius 1 is 1.35 bits per heavy atom. The minimum atomic E-state index is -1.20. The highest BCUT2D eigenvalue weighted by Crippen LogP contribution is 2.32. The van der Waals surface area contributed by atoms with Crippen molar-refractivity contribution in [2.24, 2.45) is 0 Å². The highest BCUT2D eigenvalue weighted by atomic mass is 32.2. The maximum Gasteiger partial charge on any atom is 0.338 e. The number of benzene rings is 1. The highest BCUT2D eigenvalue weighted by Gasteiger charge is 2.47. The van der Waals surface area contributed by atoms with Crippen LogP contribution in [0.2, 0.25) is 0 Å². The fraction of sp³-hybridized carbons (Fsp3) is 0.474. The summed E-state index contributed by atoms with van der Waals surface area (Å²) in [5, 5.41) is 13.0. The molecule has 1 aliphatic heterocycles. The molecule has 2 unspecified atom stereocenters. The Morgan fingerprint density at radius 2 is 2.03 bits per heavy atom. The van der Waals surface area contributed by atoms with E-state index in [1.54, 1.807) is 0 Å². The monoisotopic (exact) mass is 469 g/mol. The van der Waals surface area contributed by atoms with Gasteiger partial charge in [0.15, 0.2) is 11.1 Å². The number of esters is 1. The van der Waals surface area contributed by atoms with Gasteiger partial charge < -0.3 is 19.7 Å². The number of nitrogens with zero attached hydrogens (tertiary/aromatic N) is 2. The molecule has 1 aromatic rings. The zero-order valence-electron chi connectivity index (χ0n) is 17.1. The number of non-ortho nitro benzene ring substituents is 1. The zero-order chi connectivity index (χ0) is 23.0. The van der Waals surface area contributed by atoms with E-state index < -0.39 is 16.9 Å². The van der Waals surface area contributed by atoms with Crippen LogP contribution in [0, 0.1) is 10.1 Å². The van der Waals surface area contributed by atoms with Crippen LogP contribution < -0.4 is 5.32 Å². The normalized spacial score (nSPS) is 16.1. The molecule has 10 nitrogen and oxygen atoms in total. The Hall–Kier alpha value is -2.73. The Balaban J connectivity index is 2.06. The summed E-state index contributed by atoms with van der Waals surface area (Å²) < 4.78 is 10.8. The van der Waals surface area contributed by atoms with Crippen LogP contribution in [0.15, 0.2) is 24.3 Å². The number of likely N-dealkylation sites (tertiary alicyclic amines) is 1. The highest BCUT2D eigenvalue weighted by molar-refractivity contribution is 7.99. The predicted octanol–water partition coefficient (Wildman–Crippen LogP) is 1.80. The molecule has 0 bridgehead atoms. The molecule has 0 spiro atoms. The van der Waals surface area contributed by atoms with Crippen molar-refractivity contribution in [2.75, 3.05) is 18.9 Å². The Morgan fingerprint density at radius 3 is 2.58 bits per heavy atom. The van der Waals surface area contributed by atoms with E-state index in [0.717, 1.165) is 5.75 Å². The maximum atomic E-state index is 12.8. The number of hydrogen-bond donors (Lipinski definition) is 1. The summed E-state index contributed by atoms with van der Waals surface area (Å²) in [5.74, 6) is -0.477. The molecular formula is C19H23N3O7S2. The first-order valence-electron chi connectivity index (χ1n) is 9.48. The van der Waals surface area contributed by atoms with Gasteiger partial charge in [0.1, 0.15) is 13.2 Å². The number of nitro benzene ring substituents is 1. The lowest BCUT2D eigenvalue weighted by molar-refractivity contribution is -0.384. The van der Waals surface area contributed by atoms with Gasteiger partial charge in [-0.1, -0.05) is 6.92 Å². The van der Waals surface area contributed by atoms with Crippen LogP contribution in [0.3, 0.4) is 0 Å². The summed E-state index contributed by atoms with van der Waals surface area (Å²) in [6.45, 7) is 3.40. The number of thiocarbonyl (C=S) groups is 1. The number of rotatable bonds is 11. The third-order valence-electron chi connectivity index (χ3n) is 4.28. The average Bonchev–Trinajstić information content (AvgIpc) is 2.73. The van der Waals surface area contributed by atoms with Gasteiger partial charge in [0.25, 0.3) is 5.69 Å². The van der Waals surface area contributed by atoms with E-state index in [1.807, 2.05) is 6.92 Å². The molecule has 0 aromatic heterocycles. The van der Waals surface area contributed by atoms with Crippen LogP contribution in [0.5, 0.6) is 0 Å². The van der Waals surface area contributed by atoms with Gasteiger partial charge in [-0.05, 0) is 35.7 Å². The molecule has 0 radical (unpaired) electrons. The van der Waals surface area contributed by atoms with Crippen molar-refractivity contribution in [3.05, 3.63) is 39.9 Å². The lowest BCUT2D eigenvalue weighted by atomic mass is 10.1. The second kappa shape index (κ2) is 11.6. The topological polar surface area (TPSA) is 128 Å². The second-order valence-corrected chi connectivity index (χ2v) is 8.36. The molecule has 1 aliphatic rings. The van der Waals surface area contributed by atoms with E-state index in [4.69, 9.17) is 21.7 Å². The summed E-state index contributed by atoms with van der Waals surface area (Å²) in [6.07, 6.45) is 0.291. The van der Waals surface area contributed by atoms with E-state index >= 15 is 0 Å². The molecule has 2 amide bonds. The lowest BCUT2D eigenvalue weighted by Gasteiger charge is -2.43. The summed E-state index contributed by atoms with van der Waals surface area (Å²) >= 11 is 6.77. The fourth-order valence-electron chi connectivity index (χ4n) is 2.77. The van der Waals surface area contributed by atoms with Gasteiger partial charge in [-0.3, -0.25) is 19.7 Å². The third-order valence-corrected chi connectivity index (χ3v) is 5.73. The molecule has 168 valence electrons. The van der Waals surface area contributed by atoms with Crippen molar-refractivity contribution in [1.82, 2.24) is 10.2 Å². The Bertz CT molecular complexity index is 847. The van der Waals surface area contributed by atoms with E-state index in [9.17, 15) is 24.5 Å². The SMILES string of the molecule is CCSC1CC(=O)N1C(C(=O)OCc1ccc([N+](=O)[O-])cc1)C(=S)OCCNC(C)=O. The number of carbonyl (C=O) groups is 3. The van der Waals surface area contributed by atoms with E-state index in [-0.39, 0.29) is 47.7 Å². The summed E-state index contributed by atoms with van der Waals surface area (Å²) in [6, 6.07) is 4.38. The predicted molar refractivity (Wildman–Crippen MR) is 117 cm³/mol. The number of ether oxygens (including phenoxy) is 2.